The van der Waals surface area contributed by atoms with Crippen LogP contribution in [0.15, 0.2) is 53.5 Å². The first-order valence-electron chi connectivity index (χ1n) is 11.8. The van der Waals surface area contributed by atoms with Gasteiger partial charge in [0.2, 0.25) is 5.91 Å². The molecule has 192 valence electrons. The predicted molar refractivity (Wildman–Crippen MR) is 132 cm³/mol. The molecule has 10 nitrogen and oxygen atoms in total. The smallest absolute Gasteiger partial charge is 0.326 e. The van der Waals surface area contributed by atoms with Crippen molar-refractivity contribution in [1.82, 2.24) is 10.6 Å². The van der Waals surface area contributed by atoms with Gasteiger partial charge in [0.05, 0.1) is 0 Å². The van der Waals surface area contributed by atoms with Crippen molar-refractivity contribution >= 4 is 24.0 Å². The van der Waals surface area contributed by atoms with Gasteiger partial charge < -0.3 is 31.3 Å². The second-order valence-electron chi connectivity index (χ2n) is 8.95. The number of amides is 3. The molecule has 0 unspecified atom stereocenters. The van der Waals surface area contributed by atoms with Crippen molar-refractivity contribution in [2.75, 3.05) is 13.2 Å². The summed E-state index contributed by atoms with van der Waals surface area (Å²) in [5, 5.41) is 26.8. The Hall–Kier alpha value is -4.08. The molecule has 0 fully saturated rings. The van der Waals surface area contributed by atoms with E-state index in [4.69, 9.17) is 10.5 Å². The van der Waals surface area contributed by atoms with Gasteiger partial charge >= 0.3 is 12.0 Å². The number of carboxylic acid groups (broad SMARTS) is 1. The summed E-state index contributed by atoms with van der Waals surface area (Å²) in [6.07, 6.45) is -0.532. The Morgan fingerprint density at radius 1 is 1.08 bits per heavy atom. The molecule has 0 saturated heterocycles. The van der Waals surface area contributed by atoms with Crippen molar-refractivity contribution in [3.8, 4) is 11.1 Å². The van der Waals surface area contributed by atoms with Crippen LogP contribution in [0.25, 0.3) is 11.1 Å². The highest BCUT2D eigenvalue weighted by Crippen LogP contribution is 2.44. The molecule has 2 atom stereocenters. The van der Waals surface area contributed by atoms with E-state index in [1.807, 2.05) is 48.5 Å². The van der Waals surface area contributed by atoms with Crippen LogP contribution < -0.4 is 21.5 Å². The maximum Gasteiger partial charge on any atom is 0.326 e. The van der Waals surface area contributed by atoms with E-state index < -0.39 is 36.1 Å². The minimum Gasteiger partial charge on any atom is -0.599 e. The van der Waals surface area contributed by atoms with Gasteiger partial charge in [0.1, 0.15) is 18.2 Å². The van der Waals surface area contributed by atoms with Crippen LogP contribution in [0.2, 0.25) is 0 Å². The summed E-state index contributed by atoms with van der Waals surface area (Å²) < 4.78 is 5.47. The van der Waals surface area contributed by atoms with Crippen molar-refractivity contribution in [2.45, 2.75) is 44.7 Å². The normalized spacial score (nSPS) is 14.5. The molecule has 1 aliphatic carbocycles. The van der Waals surface area contributed by atoms with E-state index in [9.17, 15) is 24.6 Å². The molecule has 1 aliphatic rings. The van der Waals surface area contributed by atoms with E-state index in [1.165, 1.54) is 0 Å². The van der Waals surface area contributed by atoms with Gasteiger partial charge in [0.25, 0.3) is 0 Å². The molecule has 3 rings (SSSR count). The predicted octanol–water partition coefficient (Wildman–Crippen LogP) is 1.57. The first-order valence-corrected chi connectivity index (χ1v) is 11.8. The fourth-order valence-corrected chi connectivity index (χ4v) is 4.29. The second kappa shape index (κ2) is 12.1. The van der Waals surface area contributed by atoms with Crippen molar-refractivity contribution < 1.29 is 29.3 Å². The van der Waals surface area contributed by atoms with Crippen molar-refractivity contribution in [3.05, 3.63) is 59.7 Å². The molecule has 0 bridgehead atoms. The molecule has 0 radical (unpaired) electrons. The number of fused-ring (bicyclic) bond motifs is 3. The highest BCUT2D eigenvalue weighted by molar-refractivity contribution is 5.88. The lowest BCUT2D eigenvalue weighted by molar-refractivity contribution is -0.251. The second-order valence-corrected chi connectivity index (χ2v) is 8.95. The van der Waals surface area contributed by atoms with Crippen LogP contribution in [0.1, 0.15) is 43.7 Å². The zero-order valence-corrected chi connectivity index (χ0v) is 20.3. The molecular weight excluding hydrogens is 464 g/mol. The van der Waals surface area contributed by atoms with Gasteiger partial charge in [-0.25, -0.2) is 9.59 Å². The number of carbonyl (C=O) groups excluding carboxylic acids is 2. The Morgan fingerprint density at radius 2 is 1.67 bits per heavy atom. The summed E-state index contributed by atoms with van der Waals surface area (Å²) in [5.74, 6) is -2.44. The topological polar surface area (TPSA) is 166 Å². The average molecular weight is 496 g/mol. The molecule has 0 saturated carbocycles. The van der Waals surface area contributed by atoms with E-state index in [1.54, 1.807) is 13.8 Å². The molecule has 0 spiro atoms. The van der Waals surface area contributed by atoms with Crippen LogP contribution >= 0.6 is 0 Å². The molecule has 3 amide bonds. The van der Waals surface area contributed by atoms with E-state index >= 15 is 0 Å². The Kier molecular flexibility index (Phi) is 8.88. The fourth-order valence-electron chi connectivity index (χ4n) is 4.29. The quantitative estimate of drug-likeness (QED) is 0.210. The maximum atomic E-state index is 12.8. The molecule has 10 heteroatoms. The van der Waals surface area contributed by atoms with Crippen LogP contribution in [0.3, 0.4) is 0 Å². The van der Waals surface area contributed by atoms with Crippen LogP contribution in [0, 0.1) is 5.92 Å². The van der Waals surface area contributed by atoms with Gasteiger partial charge in [-0.1, -0.05) is 62.4 Å². The number of aliphatic carboxylic acids is 1. The first-order chi connectivity index (χ1) is 17.2. The van der Waals surface area contributed by atoms with Gasteiger partial charge in [-0.2, -0.15) is 0 Å². The molecular formula is C26H31N4O6-. The Balaban J connectivity index is 1.65. The van der Waals surface area contributed by atoms with Gasteiger partial charge in [-0.05, 0) is 41.0 Å². The van der Waals surface area contributed by atoms with Gasteiger partial charge in [0, 0.05) is 19.1 Å². The average Bonchev–Trinajstić information content (AvgIpc) is 3.16. The number of carbonyl (C=O) groups is 3. The van der Waals surface area contributed by atoms with Crippen molar-refractivity contribution in [1.29, 1.82) is 0 Å². The molecule has 2 aromatic carbocycles. The largest absolute Gasteiger partial charge is 0.599 e. The van der Waals surface area contributed by atoms with Crippen LogP contribution in [0.5, 0.6) is 0 Å². The lowest BCUT2D eigenvalue weighted by Crippen LogP contribution is -2.47. The van der Waals surface area contributed by atoms with Crippen LogP contribution in [-0.4, -0.2) is 54.3 Å². The summed E-state index contributed by atoms with van der Waals surface area (Å²) >= 11 is 0. The summed E-state index contributed by atoms with van der Waals surface area (Å²) in [5.41, 5.74) is 9.29. The van der Waals surface area contributed by atoms with E-state index in [0.717, 1.165) is 22.3 Å². The number of rotatable bonds is 11. The Bertz CT molecular complexity index is 1090. The molecule has 36 heavy (non-hydrogen) atoms. The number of ether oxygens (including phenoxy) is 1. The number of carboxylic acids is 1. The summed E-state index contributed by atoms with van der Waals surface area (Å²) in [4.78, 5) is 39.1. The zero-order chi connectivity index (χ0) is 26.2. The number of urea groups is 1. The minimum atomic E-state index is -1.23. The van der Waals surface area contributed by atoms with E-state index in [-0.39, 0.29) is 37.8 Å². The highest BCUT2D eigenvalue weighted by atomic mass is 16.6. The summed E-state index contributed by atoms with van der Waals surface area (Å²) in [6, 6.07) is 12.8. The number of benzene rings is 2. The number of hydrogen-bond donors (Lipinski definition) is 4. The molecule has 2 aromatic rings. The minimum absolute atomic E-state index is 0.0629. The van der Waals surface area contributed by atoms with Crippen molar-refractivity contribution in [2.24, 2.45) is 16.6 Å². The molecule has 0 aliphatic heterocycles. The SMILES string of the molecule is CC(C)[C@H](N=C([O-])OCC1c2ccccc2-c2ccccc21)C(=O)N[C@@H](CCCNC(N)=O)C(=O)O. The number of primary amides is 1. The Morgan fingerprint density at radius 3 is 2.19 bits per heavy atom. The number of nitrogens with one attached hydrogen (secondary N) is 2. The number of nitrogens with zero attached hydrogens (tertiary/aromatic N) is 1. The number of nitrogens with two attached hydrogens (primary N) is 1. The van der Waals surface area contributed by atoms with E-state index in [2.05, 4.69) is 15.6 Å². The molecule has 5 N–H and O–H groups in total. The summed E-state index contributed by atoms with van der Waals surface area (Å²) in [7, 11) is 0. The Labute approximate surface area is 209 Å². The highest BCUT2D eigenvalue weighted by Gasteiger charge is 2.28. The lowest BCUT2D eigenvalue weighted by atomic mass is 9.98. The maximum absolute atomic E-state index is 12.8. The third kappa shape index (κ3) is 6.53. The third-order valence-electron chi connectivity index (χ3n) is 6.06. The van der Waals surface area contributed by atoms with Gasteiger partial charge in [-0.3, -0.25) is 9.79 Å². The van der Waals surface area contributed by atoms with Gasteiger partial charge in [0.15, 0.2) is 0 Å². The molecule has 0 aromatic heterocycles. The number of hydrogen-bond acceptors (Lipinski definition) is 6. The van der Waals surface area contributed by atoms with Crippen LogP contribution in [-0.2, 0) is 14.3 Å². The van der Waals surface area contributed by atoms with Crippen molar-refractivity contribution in [3.63, 3.8) is 0 Å². The monoisotopic (exact) mass is 495 g/mol. The molecule has 0 heterocycles. The third-order valence-corrected chi connectivity index (χ3v) is 6.06. The van der Waals surface area contributed by atoms with Crippen LogP contribution in [0.4, 0.5) is 4.79 Å². The van der Waals surface area contributed by atoms with E-state index in [0.29, 0.717) is 0 Å². The number of aliphatic imine (C=N–C) groups is 1. The summed E-state index contributed by atoms with van der Waals surface area (Å²) in [6.45, 7) is 3.65. The lowest BCUT2D eigenvalue weighted by Gasteiger charge is -2.24. The zero-order valence-electron chi connectivity index (χ0n) is 20.3. The fraction of sp³-hybridized carbons (Fsp3) is 0.385. The standard InChI is InChI=1S/C26H32N4O6/c1-15(2)22(23(31)29-21(24(32)33)12-7-13-28-25(27)34)30-26(35)36-14-20-18-10-5-3-8-16(18)17-9-4-6-11-19(17)20/h3-6,8-11,15,20-22H,7,12-14H2,1-2H3,(H,29,31)(H,30,35)(H,32,33)(H3,27,28,34)/p-1/t21-,22-/m0/s1. The first kappa shape index (κ1) is 26.5. The van der Waals surface area contributed by atoms with Gasteiger partial charge in [-0.15, -0.1) is 0 Å².